The molecule has 0 bridgehead atoms. The van der Waals surface area contributed by atoms with Gasteiger partial charge in [-0.3, -0.25) is 0 Å². The van der Waals surface area contributed by atoms with Gasteiger partial charge in [-0.05, 0) is 26.7 Å². The van der Waals surface area contributed by atoms with Crippen molar-refractivity contribution in [3.8, 4) is 0 Å². The Kier molecular flexibility index (Phi) is 4.14. The Morgan fingerprint density at radius 1 is 1.30 bits per heavy atom. The number of fused-ring (bicyclic) bond motifs is 1. The van der Waals surface area contributed by atoms with Crippen molar-refractivity contribution in [2.45, 2.75) is 52.9 Å². The summed E-state index contributed by atoms with van der Waals surface area (Å²) in [5.74, 6) is 0.921. The molecular weight excluding hydrogens is 310 g/mol. The average molecular weight is 333 g/mol. The van der Waals surface area contributed by atoms with Crippen LogP contribution in [-0.2, 0) is 11.8 Å². The van der Waals surface area contributed by atoms with Crippen LogP contribution in [0.4, 0.5) is 5.13 Å². The minimum atomic E-state index is 0.0510. The molecule has 0 spiro atoms. The van der Waals surface area contributed by atoms with Crippen molar-refractivity contribution in [2.75, 3.05) is 11.9 Å². The molecule has 6 nitrogen and oxygen atoms in total. The molecule has 0 aliphatic heterocycles. The van der Waals surface area contributed by atoms with Crippen LogP contribution in [0, 0.1) is 13.8 Å². The third kappa shape index (κ3) is 3.39. The number of rotatable bonds is 5. The third-order valence-corrected chi connectivity index (χ3v) is 4.75. The lowest BCUT2D eigenvalue weighted by molar-refractivity contribution is 0.392. The SMILES string of the molecule is Cc1noc(C)c1CCCNc1nn2cc(C(C)(C)C)nc2s1. The van der Waals surface area contributed by atoms with Crippen LogP contribution in [0.1, 0.15) is 49.9 Å². The molecule has 0 fully saturated rings. The van der Waals surface area contributed by atoms with E-state index in [-0.39, 0.29) is 5.41 Å². The summed E-state index contributed by atoms with van der Waals surface area (Å²) in [5, 5.41) is 12.8. The van der Waals surface area contributed by atoms with Gasteiger partial charge in [0, 0.05) is 17.5 Å². The summed E-state index contributed by atoms with van der Waals surface area (Å²) in [6.45, 7) is 11.3. The normalized spacial score (nSPS) is 12.2. The predicted octanol–water partition coefficient (Wildman–Crippen LogP) is 3.74. The zero-order valence-corrected chi connectivity index (χ0v) is 15.1. The van der Waals surface area contributed by atoms with Gasteiger partial charge in [-0.2, -0.15) is 0 Å². The fourth-order valence-corrected chi connectivity index (χ4v) is 3.26. The van der Waals surface area contributed by atoms with Gasteiger partial charge in [0.15, 0.2) is 0 Å². The average Bonchev–Trinajstić information content (AvgIpc) is 3.09. The molecule has 0 aromatic carbocycles. The van der Waals surface area contributed by atoms with E-state index in [1.165, 1.54) is 5.56 Å². The Balaban J connectivity index is 1.56. The van der Waals surface area contributed by atoms with Crippen molar-refractivity contribution in [3.05, 3.63) is 28.9 Å². The van der Waals surface area contributed by atoms with Gasteiger partial charge >= 0.3 is 0 Å². The monoisotopic (exact) mass is 333 g/mol. The number of hydrogen-bond acceptors (Lipinski definition) is 6. The molecule has 0 unspecified atom stereocenters. The Morgan fingerprint density at radius 3 is 2.70 bits per heavy atom. The Morgan fingerprint density at radius 2 is 2.09 bits per heavy atom. The summed E-state index contributed by atoms with van der Waals surface area (Å²) in [5.41, 5.74) is 3.33. The summed E-state index contributed by atoms with van der Waals surface area (Å²) in [4.78, 5) is 5.59. The van der Waals surface area contributed by atoms with E-state index in [4.69, 9.17) is 4.52 Å². The van der Waals surface area contributed by atoms with Crippen LogP contribution in [-0.4, -0.2) is 26.3 Å². The molecular formula is C16H23N5OS. The molecule has 0 radical (unpaired) electrons. The van der Waals surface area contributed by atoms with Crippen LogP contribution in [0.3, 0.4) is 0 Å². The minimum absolute atomic E-state index is 0.0510. The maximum atomic E-state index is 5.19. The Hall–Kier alpha value is -1.89. The highest BCUT2D eigenvalue weighted by atomic mass is 32.1. The first-order chi connectivity index (χ1) is 10.8. The van der Waals surface area contributed by atoms with E-state index in [9.17, 15) is 0 Å². The van der Waals surface area contributed by atoms with E-state index in [1.807, 2.05) is 24.6 Å². The molecule has 0 atom stereocenters. The topological polar surface area (TPSA) is 68.2 Å². The van der Waals surface area contributed by atoms with Crippen molar-refractivity contribution < 1.29 is 4.52 Å². The molecule has 7 heteroatoms. The van der Waals surface area contributed by atoms with Crippen LogP contribution in [0.25, 0.3) is 4.96 Å². The number of nitrogens with zero attached hydrogens (tertiary/aromatic N) is 4. The van der Waals surface area contributed by atoms with Crippen molar-refractivity contribution >= 4 is 21.4 Å². The van der Waals surface area contributed by atoms with Gasteiger partial charge in [0.05, 0.1) is 17.6 Å². The second-order valence-corrected chi connectivity index (χ2v) is 7.80. The number of hydrogen-bond donors (Lipinski definition) is 1. The zero-order chi connectivity index (χ0) is 16.6. The molecule has 1 N–H and O–H groups in total. The van der Waals surface area contributed by atoms with E-state index < -0.39 is 0 Å². The van der Waals surface area contributed by atoms with Crippen LogP contribution in [0.15, 0.2) is 10.7 Å². The van der Waals surface area contributed by atoms with Gasteiger partial charge in [-0.15, -0.1) is 5.10 Å². The standard InChI is InChI=1S/C16H23N5OS/c1-10-12(11(2)22-20-10)7-6-8-17-14-19-21-9-13(16(3,4)5)18-15(21)23-14/h9H,6-8H2,1-5H3,(H,17,19). The molecule has 0 aliphatic carbocycles. The maximum absolute atomic E-state index is 5.19. The summed E-state index contributed by atoms with van der Waals surface area (Å²) in [7, 11) is 0. The van der Waals surface area contributed by atoms with Crippen LogP contribution >= 0.6 is 11.3 Å². The number of aryl methyl sites for hydroxylation is 2. The second kappa shape index (κ2) is 5.96. The first-order valence-electron chi connectivity index (χ1n) is 7.87. The van der Waals surface area contributed by atoms with E-state index in [2.05, 4.69) is 41.3 Å². The van der Waals surface area contributed by atoms with E-state index in [0.29, 0.717) is 0 Å². The first-order valence-corrected chi connectivity index (χ1v) is 8.68. The lowest BCUT2D eigenvalue weighted by atomic mass is 9.93. The van der Waals surface area contributed by atoms with Crippen molar-refractivity contribution in [1.82, 2.24) is 19.8 Å². The van der Waals surface area contributed by atoms with Crippen molar-refractivity contribution in [1.29, 1.82) is 0 Å². The molecule has 0 aliphatic rings. The van der Waals surface area contributed by atoms with Gasteiger partial charge in [0.1, 0.15) is 5.76 Å². The maximum Gasteiger partial charge on any atom is 0.214 e. The highest BCUT2D eigenvalue weighted by Crippen LogP contribution is 2.25. The third-order valence-electron chi connectivity index (χ3n) is 3.87. The number of aromatic nitrogens is 4. The molecule has 3 aromatic heterocycles. The highest BCUT2D eigenvalue weighted by molar-refractivity contribution is 7.20. The fraction of sp³-hybridized carbons (Fsp3) is 0.562. The Labute approximate surface area is 139 Å². The summed E-state index contributed by atoms with van der Waals surface area (Å²) >= 11 is 1.59. The highest BCUT2D eigenvalue weighted by Gasteiger charge is 2.19. The lowest BCUT2D eigenvalue weighted by Crippen LogP contribution is -2.11. The van der Waals surface area contributed by atoms with E-state index in [0.717, 1.165) is 46.6 Å². The molecule has 0 amide bonds. The summed E-state index contributed by atoms with van der Waals surface area (Å²) in [6, 6.07) is 0. The number of imidazole rings is 1. The van der Waals surface area contributed by atoms with E-state index in [1.54, 1.807) is 11.3 Å². The molecule has 23 heavy (non-hydrogen) atoms. The molecule has 0 saturated carbocycles. The molecule has 3 aromatic rings. The molecule has 124 valence electrons. The van der Waals surface area contributed by atoms with Crippen LogP contribution in [0.5, 0.6) is 0 Å². The first kappa shape index (κ1) is 16.0. The fourth-order valence-electron chi connectivity index (χ4n) is 2.45. The number of nitrogens with one attached hydrogen (secondary N) is 1. The van der Waals surface area contributed by atoms with Crippen molar-refractivity contribution in [3.63, 3.8) is 0 Å². The predicted molar refractivity (Wildman–Crippen MR) is 92.4 cm³/mol. The van der Waals surface area contributed by atoms with Gasteiger partial charge < -0.3 is 9.84 Å². The molecule has 3 heterocycles. The largest absolute Gasteiger partial charge is 0.361 e. The van der Waals surface area contributed by atoms with Crippen LogP contribution < -0.4 is 5.32 Å². The van der Waals surface area contributed by atoms with Crippen molar-refractivity contribution in [2.24, 2.45) is 0 Å². The van der Waals surface area contributed by atoms with E-state index >= 15 is 0 Å². The van der Waals surface area contributed by atoms with Gasteiger partial charge in [0.2, 0.25) is 10.1 Å². The van der Waals surface area contributed by atoms with Gasteiger partial charge in [0.25, 0.3) is 0 Å². The Bertz CT molecular complexity index is 757. The smallest absolute Gasteiger partial charge is 0.214 e. The summed E-state index contributed by atoms with van der Waals surface area (Å²) < 4.78 is 7.05. The zero-order valence-electron chi connectivity index (χ0n) is 14.3. The second-order valence-electron chi connectivity index (χ2n) is 6.84. The van der Waals surface area contributed by atoms with Gasteiger partial charge in [-0.25, -0.2) is 9.50 Å². The molecule has 3 rings (SSSR count). The molecule has 0 saturated heterocycles. The quantitative estimate of drug-likeness (QED) is 0.720. The lowest BCUT2D eigenvalue weighted by Gasteiger charge is -2.13. The number of anilines is 1. The van der Waals surface area contributed by atoms with Crippen LogP contribution in [0.2, 0.25) is 0 Å². The minimum Gasteiger partial charge on any atom is -0.361 e. The summed E-state index contributed by atoms with van der Waals surface area (Å²) in [6.07, 6.45) is 3.99. The van der Waals surface area contributed by atoms with Gasteiger partial charge in [-0.1, -0.05) is 37.3 Å².